The molecular formula is C27H29N3O4P+. The third-order valence-electron chi connectivity index (χ3n) is 5.66. The normalized spacial score (nSPS) is 12.3. The molecule has 1 atom stereocenters. The Kier molecular flexibility index (Phi) is 8.87. The van der Waals surface area contributed by atoms with Crippen molar-refractivity contribution in [3.63, 3.8) is 0 Å². The number of allylic oxidation sites excluding steroid dienone is 1. The number of hydrogen-bond acceptors (Lipinski definition) is 6. The van der Waals surface area contributed by atoms with Gasteiger partial charge in [-0.3, -0.25) is 0 Å². The first-order valence-corrected chi connectivity index (χ1v) is 12.9. The smallest absolute Gasteiger partial charge is 0.417 e. The van der Waals surface area contributed by atoms with Crippen molar-refractivity contribution >= 4 is 30.7 Å². The molecule has 0 aliphatic carbocycles. The Hall–Kier alpha value is -3.22. The second-order valence-electron chi connectivity index (χ2n) is 8.15. The molecule has 0 radical (unpaired) electrons. The summed E-state index contributed by atoms with van der Waals surface area (Å²) in [5.41, 5.74) is 4.37. The Labute approximate surface area is 205 Å². The molecule has 7 nitrogen and oxygen atoms in total. The highest BCUT2D eigenvalue weighted by molar-refractivity contribution is 7.32. The van der Waals surface area contributed by atoms with Crippen LogP contribution in [-0.2, 0) is 15.6 Å². The summed E-state index contributed by atoms with van der Waals surface area (Å²) in [4.78, 5) is 8.69. The summed E-state index contributed by atoms with van der Waals surface area (Å²) in [7, 11) is -2.53. The van der Waals surface area contributed by atoms with E-state index in [4.69, 9.17) is 13.8 Å². The third kappa shape index (κ3) is 6.68. The van der Waals surface area contributed by atoms with E-state index in [-0.39, 0.29) is 6.61 Å². The van der Waals surface area contributed by atoms with E-state index in [1.54, 1.807) is 0 Å². The van der Waals surface area contributed by atoms with Crippen molar-refractivity contribution in [2.75, 3.05) is 13.2 Å². The lowest BCUT2D eigenvalue weighted by Crippen LogP contribution is -2.16. The minimum absolute atomic E-state index is 0.247. The largest absolute Gasteiger partial charge is 0.694 e. The van der Waals surface area contributed by atoms with E-state index in [1.165, 1.54) is 5.57 Å². The molecule has 8 heteroatoms. The number of aromatic nitrogens is 2. The maximum absolute atomic E-state index is 10.6. The van der Waals surface area contributed by atoms with Crippen molar-refractivity contribution in [3.8, 4) is 11.5 Å². The van der Waals surface area contributed by atoms with Crippen LogP contribution in [0.1, 0.15) is 43.2 Å². The van der Waals surface area contributed by atoms with Gasteiger partial charge in [-0.1, -0.05) is 74.0 Å². The number of rotatable bonds is 12. The van der Waals surface area contributed by atoms with Crippen molar-refractivity contribution in [3.05, 3.63) is 83.7 Å². The zero-order valence-electron chi connectivity index (χ0n) is 19.7. The van der Waals surface area contributed by atoms with Crippen molar-refractivity contribution in [1.82, 2.24) is 15.5 Å². The number of fused-ring (bicyclic) bond motifs is 1. The second kappa shape index (κ2) is 12.5. The van der Waals surface area contributed by atoms with Crippen LogP contribution in [0.5, 0.6) is 0 Å². The van der Waals surface area contributed by atoms with Crippen molar-refractivity contribution in [2.45, 2.75) is 32.7 Å². The Bertz CT molecular complexity index is 1300. The second-order valence-corrected chi connectivity index (χ2v) is 8.88. The van der Waals surface area contributed by atoms with Gasteiger partial charge in [0.15, 0.2) is 0 Å². The molecule has 4 rings (SSSR count). The van der Waals surface area contributed by atoms with Gasteiger partial charge in [-0.05, 0) is 52.9 Å². The van der Waals surface area contributed by atoms with Crippen molar-refractivity contribution in [2.24, 2.45) is 0 Å². The minimum Gasteiger partial charge on any atom is -0.417 e. The van der Waals surface area contributed by atoms with Gasteiger partial charge in [0.2, 0.25) is 11.8 Å². The predicted molar refractivity (Wildman–Crippen MR) is 139 cm³/mol. The summed E-state index contributed by atoms with van der Waals surface area (Å²) < 4.78 is 21.4. The van der Waals surface area contributed by atoms with Gasteiger partial charge in [0.25, 0.3) is 0 Å². The average Bonchev–Trinajstić information content (AvgIpc) is 3.34. The van der Waals surface area contributed by atoms with Gasteiger partial charge in [-0.15, -0.1) is 19.6 Å². The number of nitrogens with one attached hydrogen (secondary N) is 1. The number of benzene rings is 3. The van der Waals surface area contributed by atoms with Crippen LogP contribution in [0.15, 0.2) is 71.1 Å². The molecule has 0 saturated heterocycles. The van der Waals surface area contributed by atoms with Crippen molar-refractivity contribution < 1.29 is 18.4 Å². The predicted octanol–water partition coefficient (Wildman–Crippen LogP) is 6.38. The van der Waals surface area contributed by atoms with Gasteiger partial charge in [0.05, 0.1) is 0 Å². The van der Waals surface area contributed by atoms with Crippen LogP contribution in [0.2, 0.25) is 0 Å². The highest BCUT2D eigenvalue weighted by atomic mass is 31.1. The Morgan fingerprint density at radius 3 is 2.60 bits per heavy atom. The van der Waals surface area contributed by atoms with E-state index in [9.17, 15) is 4.57 Å². The Balaban J connectivity index is 1.54. The van der Waals surface area contributed by atoms with Gasteiger partial charge in [0, 0.05) is 22.7 Å². The molecule has 0 bridgehead atoms. The Morgan fingerprint density at radius 2 is 1.83 bits per heavy atom. The van der Waals surface area contributed by atoms with Gasteiger partial charge in [0.1, 0.15) is 6.61 Å². The Morgan fingerprint density at radius 1 is 1.06 bits per heavy atom. The molecule has 0 aliphatic rings. The van der Waals surface area contributed by atoms with Crippen LogP contribution in [0.4, 0.5) is 0 Å². The van der Waals surface area contributed by atoms with E-state index in [0.717, 1.165) is 40.3 Å². The monoisotopic (exact) mass is 490 g/mol. The van der Waals surface area contributed by atoms with Gasteiger partial charge < -0.3 is 9.73 Å². The summed E-state index contributed by atoms with van der Waals surface area (Å²) in [5, 5.41) is 14.2. The maximum Gasteiger partial charge on any atom is 0.694 e. The molecule has 1 heterocycles. The SMILES string of the molecule is CCC/C(=C\c1nnc(-c2ccc(CNCCCO[P+](=O)O)c3ccccc23)o1)c1ccccc1. The van der Waals surface area contributed by atoms with E-state index < -0.39 is 8.25 Å². The first-order chi connectivity index (χ1) is 17.2. The lowest BCUT2D eigenvalue weighted by Gasteiger charge is -2.10. The lowest BCUT2D eigenvalue weighted by molar-refractivity contribution is 0.276. The van der Waals surface area contributed by atoms with Gasteiger partial charge in [-0.2, -0.15) is 0 Å². The number of hydrogen-bond donors (Lipinski definition) is 2. The molecule has 1 unspecified atom stereocenters. The van der Waals surface area contributed by atoms with Crippen LogP contribution in [0.25, 0.3) is 33.9 Å². The summed E-state index contributed by atoms with van der Waals surface area (Å²) in [6.45, 7) is 3.75. The van der Waals surface area contributed by atoms with Crippen LogP contribution in [0, 0.1) is 0 Å². The van der Waals surface area contributed by atoms with Crippen LogP contribution in [-0.4, -0.2) is 28.2 Å². The third-order valence-corrected chi connectivity index (χ3v) is 6.07. The van der Waals surface area contributed by atoms with Crippen LogP contribution in [0.3, 0.4) is 0 Å². The molecule has 0 spiro atoms. The number of nitrogens with zero attached hydrogens (tertiary/aromatic N) is 2. The zero-order chi connectivity index (χ0) is 24.5. The highest BCUT2D eigenvalue weighted by Gasteiger charge is 2.14. The molecular weight excluding hydrogens is 461 g/mol. The summed E-state index contributed by atoms with van der Waals surface area (Å²) in [6, 6.07) is 22.5. The molecule has 0 saturated carbocycles. The summed E-state index contributed by atoms with van der Waals surface area (Å²) in [5.74, 6) is 0.986. The first-order valence-electron chi connectivity index (χ1n) is 11.8. The van der Waals surface area contributed by atoms with Gasteiger partial charge in [-0.25, -0.2) is 0 Å². The molecule has 180 valence electrons. The fourth-order valence-electron chi connectivity index (χ4n) is 4.04. The molecule has 0 fully saturated rings. The summed E-state index contributed by atoms with van der Waals surface area (Å²) in [6.07, 6.45) is 4.58. The average molecular weight is 491 g/mol. The van der Waals surface area contributed by atoms with E-state index in [0.29, 0.717) is 31.3 Å². The standard InChI is InChI=1S/C27H28N3O4P/c1-2-9-21(20-10-4-3-5-11-20)18-26-29-30-27(34-26)25-15-14-22(23-12-6-7-13-24(23)25)19-28-16-8-17-33-35(31)32/h3-7,10-15,18,28H,2,8-9,16-17,19H2,1H3/p+1/b21-18+. The molecule has 2 N–H and O–H groups in total. The van der Waals surface area contributed by atoms with Crippen LogP contribution >= 0.6 is 8.25 Å². The van der Waals surface area contributed by atoms with E-state index >= 15 is 0 Å². The maximum atomic E-state index is 10.6. The first kappa shape index (κ1) is 24.9. The topological polar surface area (TPSA) is 97.5 Å². The molecule has 4 aromatic rings. The molecule has 0 aliphatic heterocycles. The van der Waals surface area contributed by atoms with Crippen molar-refractivity contribution in [1.29, 1.82) is 0 Å². The summed E-state index contributed by atoms with van der Waals surface area (Å²) >= 11 is 0. The van der Waals surface area contributed by atoms with E-state index in [2.05, 4.69) is 52.8 Å². The quantitative estimate of drug-likeness (QED) is 0.176. The van der Waals surface area contributed by atoms with Crippen LogP contribution < -0.4 is 5.32 Å². The molecule has 3 aromatic carbocycles. The molecule has 35 heavy (non-hydrogen) atoms. The zero-order valence-corrected chi connectivity index (χ0v) is 20.6. The van der Waals surface area contributed by atoms with Gasteiger partial charge >= 0.3 is 8.25 Å². The molecule has 1 aromatic heterocycles. The lowest BCUT2D eigenvalue weighted by atomic mass is 9.99. The fourth-order valence-corrected chi connectivity index (χ4v) is 4.32. The van der Waals surface area contributed by atoms with E-state index in [1.807, 2.05) is 42.5 Å². The highest BCUT2D eigenvalue weighted by Crippen LogP contribution is 2.31. The molecule has 0 amide bonds. The minimum atomic E-state index is -2.53. The fraction of sp³-hybridized carbons (Fsp3) is 0.259.